The quantitative estimate of drug-likeness (QED) is 0.444. The van der Waals surface area contributed by atoms with Gasteiger partial charge in [-0.2, -0.15) is 0 Å². The van der Waals surface area contributed by atoms with Crippen LogP contribution in [0.1, 0.15) is 13.8 Å². The summed E-state index contributed by atoms with van der Waals surface area (Å²) in [6.07, 6.45) is -2.69. The van der Waals surface area contributed by atoms with Crippen LogP contribution in [-0.4, -0.2) is 62.9 Å². The molecule has 2 atom stereocenters. The van der Waals surface area contributed by atoms with Crippen LogP contribution in [0.2, 0.25) is 0 Å². The smallest absolute Gasteiger partial charge is 0.547 e. The Labute approximate surface area is 96.8 Å². The van der Waals surface area contributed by atoms with Crippen molar-refractivity contribution in [1.29, 1.82) is 0 Å². The number of carboxylic acid groups (broad SMARTS) is 2. The van der Waals surface area contributed by atoms with E-state index in [1.807, 2.05) is 0 Å². The predicted molar refractivity (Wildman–Crippen MR) is 42.7 cm³/mol. The summed E-state index contributed by atoms with van der Waals surface area (Å²) in [5, 5.41) is 34.6. The molecular formula is C6H12MgO7. The Hall–Kier alpha value is -0.414. The molecule has 0 spiro atoms. The molecule has 0 aromatic heterocycles. The number of aliphatic carboxylic acids is 2. The van der Waals surface area contributed by atoms with Gasteiger partial charge in [-0.1, -0.05) is 0 Å². The molecule has 0 aliphatic rings. The van der Waals surface area contributed by atoms with Gasteiger partial charge in [-0.3, -0.25) is 0 Å². The van der Waals surface area contributed by atoms with Crippen LogP contribution in [0.15, 0.2) is 0 Å². The third-order valence-corrected chi connectivity index (χ3v) is 0.682. The van der Waals surface area contributed by atoms with Crippen LogP contribution in [-0.2, 0) is 9.59 Å². The van der Waals surface area contributed by atoms with E-state index in [1.54, 1.807) is 0 Å². The molecule has 0 fully saturated rings. The minimum Gasteiger partial charge on any atom is -0.547 e. The molecule has 0 saturated heterocycles. The summed E-state index contributed by atoms with van der Waals surface area (Å²) in [7, 11) is 0. The molecule has 0 aromatic rings. The number of carbonyl (C=O) groups is 2. The average molecular weight is 220 g/mol. The molecular weight excluding hydrogens is 208 g/mol. The van der Waals surface area contributed by atoms with Crippen molar-refractivity contribution in [2.75, 3.05) is 0 Å². The summed E-state index contributed by atoms with van der Waals surface area (Å²) in [4.78, 5) is 18.7. The maximum atomic E-state index is 9.34. The van der Waals surface area contributed by atoms with Crippen LogP contribution in [0.25, 0.3) is 0 Å². The number of aliphatic hydroxyl groups excluding tert-OH is 2. The first-order chi connectivity index (χ1) is 5.29. The minimum atomic E-state index is -1.44. The van der Waals surface area contributed by atoms with Crippen molar-refractivity contribution in [3.05, 3.63) is 0 Å². The Morgan fingerprint density at radius 3 is 1.07 bits per heavy atom. The van der Waals surface area contributed by atoms with Gasteiger partial charge in [0.15, 0.2) is 0 Å². The third kappa shape index (κ3) is 22.6. The Balaban J connectivity index is -0.0000000625. The largest absolute Gasteiger partial charge is 2.00 e. The van der Waals surface area contributed by atoms with Gasteiger partial charge in [-0.05, 0) is 13.8 Å². The Bertz CT molecular complexity index is 138. The summed E-state index contributed by atoms with van der Waals surface area (Å²) in [6, 6.07) is 0. The number of rotatable bonds is 2. The molecule has 0 unspecified atom stereocenters. The zero-order valence-electron chi connectivity index (χ0n) is 7.89. The van der Waals surface area contributed by atoms with Crippen LogP contribution in [0.5, 0.6) is 0 Å². The van der Waals surface area contributed by atoms with E-state index >= 15 is 0 Å². The third-order valence-electron chi connectivity index (χ3n) is 0.682. The maximum Gasteiger partial charge on any atom is 2.00 e. The molecule has 0 aliphatic heterocycles. The zero-order valence-corrected chi connectivity index (χ0v) is 9.30. The molecule has 8 heteroatoms. The monoisotopic (exact) mass is 220 g/mol. The van der Waals surface area contributed by atoms with Gasteiger partial charge in [0.25, 0.3) is 0 Å². The molecule has 0 heterocycles. The van der Waals surface area contributed by atoms with E-state index in [1.165, 1.54) is 0 Å². The van der Waals surface area contributed by atoms with Gasteiger partial charge in [0.1, 0.15) is 0 Å². The van der Waals surface area contributed by atoms with Crippen molar-refractivity contribution in [2.24, 2.45) is 0 Å². The van der Waals surface area contributed by atoms with E-state index in [0.717, 1.165) is 13.8 Å². The fourth-order valence-corrected chi connectivity index (χ4v) is 0. The fraction of sp³-hybridized carbons (Fsp3) is 0.667. The second-order valence-corrected chi connectivity index (χ2v) is 1.99. The molecule has 0 bridgehead atoms. The number of hydrogen-bond acceptors (Lipinski definition) is 6. The number of aliphatic hydroxyl groups is 2. The SMILES string of the molecule is C[C@H](O)C(=O)[O-].C[C@H](O)C(=O)[O-].O.[Mg+2]. The van der Waals surface area contributed by atoms with Crippen molar-refractivity contribution in [3.63, 3.8) is 0 Å². The molecule has 0 amide bonds. The maximum absolute atomic E-state index is 9.34. The fourth-order valence-electron chi connectivity index (χ4n) is 0. The molecule has 0 aliphatic carbocycles. The van der Waals surface area contributed by atoms with Crippen LogP contribution < -0.4 is 10.2 Å². The van der Waals surface area contributed by atoms with Crippen molar-refractivity contribution < 1.29 is 35.5 Å². The molecule has 0 radical (unpaired) electrons. The summed E-state index contributed by atoms with van der Waals surface area (Å²) in [6.45, 7) is 2.27. The first-order valence-corrected chi connectivity index (χ1v) is 3.06. The Kier molecular flexibility index (Phi) is 21.1. The first-order valence-electron chi connectivity index (χ1n) is 3.06. The van der Waals surface area contributed by atoms with E-state index in [4.69, 9.17) is 10.2 Å². The van der Waals surface area contributed by atoms with Crippen LogP contribution in [0.3, 0.4) is 0 Å². The normalized spacial score (nSPS) is 11.7. The van der Waals surface area contributed by atoms with Crippen molar-refractivity contribution >= 4 is 35.0 Å². The van der Waals surface area contributed by atoms with Gasteiger partial charge in [0.05, 0.1) is 24.1 Å². The predicted octanol–water partition coefficient (Wildman–Crippen LogP) is -4.97. The van der Waals surface area contributed by atoms with Gasteiger partial charge in [0, 0.05) is 0 Å². The van der Waals surface area contributed by atoms with Gasteiger partial charge in [0.2, 0.25) is 0 Å². The molecule has 0 saturated carbocycles. The topological polar surface area (TPSA) is 152 Å². The number of carbonyl (C=O) groups excluding carboxylic acids is 2. The van der Waals surface area contributed by atoms with E-state index in [9.17, 15) is 19.8 Å². The Morgan fingerprint density at radius 1 is 1.00 bits per heavy atom. The summed E-state index contributed by atoms with van der Waals surface area (Å²) < 4.78 is 0. The Morgan fingerprint density at radius 2 is 1.07 bits per heavy atom. The molecule has 0 rings (SSSR count). The average Bonchev–Trinajstić information content (AvgIpc) is 1.88. The number of hydrogen-bond donors (Lipinski definition) is 2. The van der Waals surface area contributed by atoms with Gasteiger partial charge >= 0.3 is 23.1 Å². The molecule has 80 valence electrons. The van der Waals surface area contributed by atoms with Crippen LogP contribution >= 0.6 is 0 Å². The molecule has 7 nitrogen and oxygen atoms in total. The van der Waals surface area contributed by atoms with E-state index < -0.39 is 24.1 Å². The number of carboxylic acids is 2. The van der Waals surface area contributed by atoms with Gasteiger partial charge in [-0.25, -0.2) is 0 Å². The van der Waals surface area contributed by atoms with Crippen molar-refractivity contribution in [2.45, 2.75) is 26.1 Å². The van der Waals surface area contributed by atoms with Crippen molar-refractivity contribution in [1.82, 2.24) is 0 Å². The molecule has 14 heavy (non-hydrogen) atoms. The minimum absolute atomic E-state index is 0. The summed E-state index contributed by atoms with van der Waals surface area (Å²) in [5.41, 5.74) is 0. The van der Waals surface area contributed by atoms with E-state index in [-0.39, 0.29) is 28.5 Å². The summed E-state index contributed by atoms with van der Waals surface area (Å²) in [5.74, 6) is -2.87. The van der Waals surface area contributed by atoms with E-state index in [2.05, 4.69) is 0 Å². The van der Waals surface area contributed by atoms with Gasteiger partial charge in [-0.15, -0.1) is 0 Å². The zero-order chi connectivity index (χ0) is 10.3. The summed E-state index contributed by atoms with van der Waals surface area (Å²) >= 11 is 0. The van der Waals surface area contributed by atoms with Crippen LogP contribution in [0.4, 0.5) is 0 Å². The molecule has 4 N–H and O–H groups in total. The first kappa shape index (κ1) is 23.4. The van der Waals surface area contributed by atoms with Crippen LogP contribution in [0, 0.1) is 0 Å². The standard InChI is InChI=1S/2C3H6O3.Mg.H2O/c2*1-2(4)3(5)6;;/h2*2,4H,1H3,(H,5,6);;1H2/q;;+2;/p-2/t2*2-;;/m00../s1. The van der Waals surface area contributed by atoms with E-state index in [0.29, 0.717) is 0 Å². The van der Waals surface area contributed by atoms with Gasteiger partial charge < -0.3 is 35.5 Å². The molecule has 0 aromatic carbocycles. The van der Waals surface area contributed by atoms with Crippen molar-refractivity contribution in [3.8, 4) is 0 Å². The second-order valence-electron chi connectivity index (χ2n) is 1.99. The second kappa shape index (κ2) is 12.6.